The minimum atomic E-state index is -4.50. The van der Waals surface area contributed by atoms with Gasteiger partial charge >= 0.3 is 6.18 Å². The highest BCUT2D eigenvalue weighted by Crippen LogP contribution is 2.39. The summed E-state index contributed by atoms with van der Waals surface area (Å²) in [4.78, 5) is 15.6. The van der Waals surface area contributed by atoms with Crippen LogP contribution in [-0.2, 0) is 17.4 Å². The number of amides is 1. The summed E-state index contributed by atoms with van der Waals surface area (Å²) in [6.07, 6.45) is -2.24. The van der Waals surface area contributed by atoms with Crippen LogP contribution in [0.2, 0.25) is 0 Å². The Hall–Kier alpha value is -3.01. The molecule has 5 nitrogen and oxygen atoms in total. The van der Waals surface area contributed by atoms with Gasteiger partial charge in [-0.2, -0.15) is 13.2 Å². The second kappa shape index (κ2) is 9.86. The third kappa shape index (κ3) is 6.28. The van der Waals surface area contributed by atoms with Crippen LogP contribution in [0, 0.1) is 6.92 Å². The minimum Gasteiger partial charge on any atom is -0.460 e. The zero-order chi connectivity index (χ0) is 24.2. The number of carbonyl (C=O) groups excluding carboxylic acids is 1. The third-order valence-corrected chi connectivity index (χ3v) is 5.25. The van der Waals surface area contributed by atoms with Crippen molar-refractivity contribution in [3.63, 3.8) is 0 Å². The number of furan rings is 1. The van der Waals surface area contributed by atoms with Gasteiger partial charge in [0.1, 0.15) is 11.3 Å². The lowest BCUT2D eigenvalue weighted by molar-refractivity contribution is -0.136. The maximum atomic E-state index is 13.4. The molecule has 10 heteroatoms. The van der Waals surface area contributed by atoms with Gasteiger partial charge in [0.05, 0.1) is 11.3 Å². The molecule has 0 bridgehead atoms. The Bertz CT molecular complexity index is 1080. The average molecular weight is 469 g/mol. The number of alkyl halides is 5. The monoisotopic (exact) mass is 469 g/mol. The Balaban J connectivity index is 0.000000257. The maximum absolute atomic E-state index is 13.4. The molecule has 178 valence electrons. The van der Waals surface area contributed by atoms with Crippen LogP contribution in [0.5, 0.6) is 0 Å². The van der Waals surface area contributed by atoms with E-state index in [1.165, 1.54) is 4.90 Å². The van der Waals surface area contributed by atoms with E-state index in [2.05, 4.69) is 4.98 Å². The van der Waals surface area contributed by atoms with E-state index in [-0.39, 0.29) is 31.5 Å². The van der Waals surface area contributed by atoms with Crippen LogP contribution in [0.25, 0.3) is 22.2 Å². The Morgan fingerprint density at radius 2 is 1.88 bits per heavy atom. The van der Waals surface area contributed by atoms with Gasteiger partial charge in [-0.15, -0.1) is 0 Å². The van der Waals surface area contributed by atoms with Crippen LogP contribution in [-0.4, -0.2) is 41.9 Å². The van der Waals surface area contributed by atoms with Crippen molar-refractivity contribution in [1.82, 2.24) is 9.88 Å². The normalized spacial score (nSPS) is 15.8. The van der Waals surface area contributed by atoms with E-state index in [0.717, 1.165) is 11.6 Å². The van der Waals surface area contributed by atoms with Gasteiger partial charge in [0.25, 0.3) is 5.92 Å². The van der Waals surface area contributed by atoms with Crippen molar-refractivity contribution in [2.24, 2.45) is 5.73 Å². The van der Waals surface area contributed by atoms with E-state index in [1.54, 1.807) is 24.4 Å². The van der Waals surface area contributed by atoms with E-state index < -0.39 is 17.7 Å². The zero-order valence-corrected chi connectivity index (χ0v) is 18.0. The van der Waals surface area contributed by atoms with Crippen molar-refractivity contribution in [3.05, 3.63) is 53.4 Å². The molecule has 1 aliphatic rings. The number of benzene rings is 1. The molecule has 1 fully saturated rings. The van der Waals surface area contributed by atoms with Gasteiger partial charge < -0.3 is 15.1 Å². The van der Waals surface area contributed by atoms with E-state index >= 15 is 0 Å². The summed E-state index contributed by atoms with van der Waals surface area (Å²) in [5, 5.41) is 0.403. The fraction of sp³-hybridized carbons (Fsp3) is 0.391. The number of hydrogen-bond donors (Lipinski definition) is 1. The molecule has 0 radical (unpaired) electrons. The molecule has 3 heterocycles. The van der Waals surface area contributed by atoms with Crippen LogP contribution in [0.1, 0.15) is 29.7 Å². The van der Waals surface area contributed by atoms with Gasteiger partial charge in [-0.25, -0.2) is 8.78 Å². The molecule has 4 rings (SSSR count). The van der Waals surface area contributed by atoms with E-state index in [0.29, 0.717) is 41.8 Å². The molecule has 0 atom stereocenters. The lowest BCUT2D eigenvalue weighted by atomic mass is 10.0. The predicted molar refractivity (Wildman–Crippen MR) is 114 cm³/mol. The largest absolute Gasteiger partial charge is 0.460 e. The highest BCUT2D eigenvalue weighted by molar-refractivity contribution is 5.87. The first-order valence-electron chi connectivity index (χ1n) is 10.4. The number of pyridine rings is 1. The first kappa shape index (κ1) is 24.6. The number of fused-ring (bicyclic) bond motifs is 1. The molecule has 0 spiro atoms. The molecule has 33 heavy (non-hydrogen) atoms. The number of aryl methyl sites for hydroxylation is 1. The van der Waals surface area contributed by atoms with Crippen LogP contribution >= 0.6 is 0 Å². The SMILES string of the molecule is Cc1ccc(-c2cc(C(F)(F)F)c3oc(CCN)cc3c2)nc1.O=CN1CCC(F)(F)CC1. The molecular formula is C23H24F5N3O2. The van der Waals surface area contributed by atoms with Gasteiger partial charge in [0.2, 0.25) is 6.41 Å². The summed E-state index contributed by atoms with van der Waals surface area (Å²) < 4.78 is 70.2. The van der Waals surface area contributed by atoms with Gasteiger partial charge in [-0.3, -0.25) is 9.78 Å². The van der Waals surface area contributed by atoms with Gasteiger partial charge in [0.15, 0.2) is 0 Å². The number of nitrogens with zero attached hydrogens (tertiary/aromatic N) is 2. The molecule has 1 amide bonds. The lowest BCUT2D eigenvalue weighted by Gasteiger charge is -2.28. The summed E-state index contributed by atoms with van der Waals surface area (Å²) in [6.45, 7) is 2.57. The highest BCUT2D eigenvalue weighted by atomic mass is 19.4. The average Bonchev–Trinajstić information content (AvgIpc) is 3.16. The standard InChI is InChI=1S/C17H15F3N2O.C6H9F2NO/c1-10-2-3-15(22-9-10)11-6-12-7-13(4-5-21)23-16(12)14(8-11)17(18,19)20;7-6(8)1-3-9(5-10)4-2-6/h2-3,6-9H,4-5,21H2,1H3;5H,1-4H2. The van der Waals surface area contributed by atoms with Crippen molar-refractivity contribution in [1.29, 1.82) is 0 Å². The van der Waals surface area contributed by atoms with Gasteiger partial charge in [-0.1, -0.05) is 6.07 Å². The fourth-order valence-corrected chi connectivity index (χ4v) is 3.43. The van der Waals surface area contributed by atoms with Gasteiger partial charge in [-0.05, 0) is 43.3 Å². The maximum Gasteiger partial charge on any atom is 0.420 e. The summed E-state index contributed by atoms with van der Waals surface area (Å²) in [6, 6.07) is 7.86. The quantitative estimate of drug-likeness (QED) is 0.421. The molecule has 2 aromatic heterocycles. The molecule has 0 saturated carbocycles. The van der Waals surface area contributed by atoms with Crippen molar-refractivity contribution in [2.75, 3.05) is 19.6 Å². The summed E-state index contributed by atoms with van der Waals surface area (Å²) in [7, 11) is 0. The van der Waals surface area contributed by atoms with Crippen molar-refractivity contribution in [3.8, 4) is 11.3 Å². The van der Waals surface area contributed by atoms with Crippen molar-refractivity contribution >= 4 is 17.4 Å². The van der Waals surface area contributed by atoms with Crippen LogP contribution < -0.4 is 5.73 Å². The zero-order valence-electron chi connectivity index (χ0n) is 18.0. The van der Waals surface area contributed by atoms with E-state index in [9.17, 15) is 26.7 Å². The number of likely N-dealkylation sites (tertiary alicyclic amines) is 1. The molecule has 1 aromatic carbocycles. The first-order valence-corrected chi connectivity index (χ1v) is 10.4. The summed E-state index contributed by atoms with van der Waals surface area (Å²) >= 11 is 0. The summed E-state index contributed by atoms with van der Waals surface area (Å²) in [5.41, 5.74) is 6.34. The van der Waals surface area contributed by atoms with Crippen molar-refractivity contribution in [2.45, 2.75) is 38.3 Å². The Kier molecular flexibility index (Phi) is 7.36. The number of hydrogen-bond acceptors (Lipinski definition) is 4. The lowest BCUT2D eigenvalue weighted by Crippen LogP contribution is -2.38. The van der Waals surface area contributed by atoms with Crippen molar-refractivity contribution < 1.29 is 31.2 Å². The minimum absolute atomic E-state index is 0.156. The molecular weight excluding hydrogens is 445 g/mol. The fourth-order valence-electron chi connectivity index (χ4n) is 3.43. The smallest absolute Gasteiger partial charge is 0.420 e. The number of rotatable bonds is 4. The molecule has 0 unspecified atom stereocenters. The van der Waals surface area contributed by atoms with Crippen LogP contribution in [0.15, 0.2) is 40.9 Å². The van der Waals surface area contributed by atoms with Gasteiger partial charge in [0, 0.05) is 49.5 Å². The topological polar surface area (TPSA) is 72.4 Å². The molecule has 1 saturated heterocycles. The van der Waals surface area contributed by atoms with Crippen LogP contribution in [0.4, 0.5) is 22.0 Å². The Morgan fingerprint density at radius 3 is 2.42 bits per heavy atom. The number of halogens is 5. The third-order valence-electron chi connectivity index (χ3n) is 5.25. The molecule has 2 N–H and O–H groups in total. The Labute approximate surface area is 187 Å². The predicted octanol–water partition coefficient (Wildman–Crippen LogP) is 5.20. The number of carbonyl (C=O) groups is 1. The molecule has 0 aliphatic carbocycles. The Morgan fingerprint density at radius 1 is 1.18 bits per heavy atom. The highest BCUT2D eigenvalue weighted by Gasteiger charge is 2.35. The first-order chi connectivity index (χ1) is 15.5. The van der Waals surface area contributed by atoms with Crippen LogP contribution in [0.3, 0.4) is 0 Å². The number of aromatic nitrogens is 1. The second-order valence-corrected chi connectivity index (χ2v) is 7.91. The number of piperidine rings is 1. The summed E-state index contributed by atoms with van der Waals surface area (Å²) in [5.74, 6) is -2.10. The molecule has 1 aliphatic heterocycles. The second-order valence-electron chi connectivity index (χ2n) is 7.91. The van der Waals surface area contributed by atoms with E-state index in [4.69, 9.17) is 10.2 Å². The molecule has 3 aromatic rings. The van der Waals surface area contributed by atoms with E-state index in [1.807, 2.05) is 13.0 Å². The number of nitrogens with two attached hydrogens (primary N) is 1.